The summed E-state index contributed by atoms with van der Waals surface area (Å²) in [5, 5.41) is 29.1. The van der Waals surface area contributed by atoms with Crippen molar-refractivity contribution in [2.75, 3.05) is 6.54 Å². The van der Waals surface area contributed by atoms with Gasteiger partial charge in [0.25, 0.3) is 5.91 Å². The van der Waals surface area contributed by atoms with Crippen molar-refractivity contribution in [2.45, 2.75) is 12.2 Å². The average Bonchev–Trinajstić information content (AvgIpc) is 2.35. The largest absolute Gasteiger partial charge is 0.479 e. The highest BCUT2D eigenvalue weighted by molar-refractivity contribution is 5.82. The van der Waals surface area contributed by atoms with Crippen LogP contribution in [-0.2, 0) is 9.59 Å². The Morgan fingerprint density at radius 1 is 1.18 bits per heavy atom. The highest BCUT2D eigenvalue weighted by Crippen LogP contribution is 2.11. The predicted molar refractivity (Wildman–Crippen MR) is 58.1 cm³/mol. The molecule has 92 valence electrons. The Kier molecular flexibility index (Phi) is 4.62. The lowest BCUT2D eigenvalue weighted by molar-refractivity contribution is -0.146. The second kappa shape index (κ2) is 5.97. The molecule has 0 saturated heterocycles. The Hall–Kier alpha value is -1.92. The molecule has 0 aliphatic carbocycles. The molecule has 17 heavy (non-hydrogen) atoms. The maximum absolute atomic E-state index is 11.4. The molecule has 6 heteroatoms. The van der Waals surface area contributed by atoms with Crippen molar-refractivity contribution in [3.63, 3.8) is 0 Å². The topological polar surface area (TPSA) is 107 Å². The van der Waals surface area contributed by atoms with Gasteiger partial charge in [-0.1, -0.05) is 30.3 Å². The molecule has 0 saturated carbocycles. The van der Waals surface area contributed by atoms with E-state index in [2.05, 4.69) is 5.32 Å². The third-order valence-corrected chi connectivity index (χ3v) is 2.12. The normalized spacial score (nSPS) is 13.8. The maximum Gasteiger partial charge on any atom is 0.334 e. The number of carbonyl (C=O) groups is 2. The third-order valence-electron chi connectivity index (χ3n) is 2.12. The van der Waals surface area contributed by atoms with Crippen LogP contribution < -0.4 is 5.32 Å². The number of carboxylic acid groups (broad SMARTS) is 1. The molecule has 4 N–H and O–H groups in total. The fourth-order valence-corrected chi connectivity index (χ4v) is 1.17. The lowest BCUT2D eigenvalue weighted by Gasteiger charge is -2.12. The number of aliphatic hydroxyl groups is 2. The number of nitrogens with one attached hydrogen (secondary N) is 1. The second-order valence-corrected chi connectivity index (χ2v) is 3.41. The molecule has 6 nitrogen and oxygen atoms in total. The first-order valence-corrected chi connectivity index (χ1v) is 4.94. The molecule has 1 aromatic rings. The lowest BCUT2D eigenvalue weighted by Crippen LogP contribution is -2.38. The van der Waals surface area contributed by atoms with E-state index in [1.807, 2.05) is 0 Å². The van der Waals surface area contributed by atoms with E-state index in [1.165, 1.54) is 0 Å². The smallest absolute Gasteiger partial charge is 0.334 e. The average molecular weight is 239 g/mol. The van der Waals surface area contributed by atoms with Gasteiger partial charge in [-0.2, -0.15) is 0 Å². The lowest BCUT2D eigenvalue weighted by atomic mass is 10.1. The van der Waals surface area contributed by atoms with E-state index in [0.717, 1.165) is 0 Å². The third kappa shape index (κ3) is 3.86. The van der Waals surface area contributed by atoms with Crippen LogP contribution in [0.3, 0.4) is 0 Å². The molecule has 1 amide bonds. The first kappa shape index (κ1) is 13.1. The van der Waals surface area contributed by atoms with Crippen LogP contribution in [0.2, 0.25) is 0 Å². The van der Waals surface area contributed by atoms with Crippen LogP contribution in [0.1, 0.15) is 11.7 Å². The highest BCUT2D eigenvalue weighted by Gasteiger charge is 2.19. The zero-order valence-corrected chi connectivity index (χ0v) is 8.91. The van der Waals surface area contributed by atoms with Crippen LogP contribution in [0.25, 0.3) is 0 Å². The van der Waals surface area contributed by atoms with Gasteiger partial charge in [0.05, 0.1) is 6.54 Å². The van der Waals surface area contributed by atoms with Crippen molar-refractivity contribution in [2.24, 2.45) is 0 Å². The van der Waals surface area contributed by atoms with Gasteiger partial charge in [0.1, 0.15) is 0 Å². The molecule has 1 aromatic carbocycles. The summed E-state index contributed by atoms with van der Waals surface area (Å²) in [5.74, 6) is -2.18. The molecular formula is C11H13NO5. The van der Waals surface area contributed by atoms with Crippen LogP contribution in [0.5, 0.6) is 0 Å². The van der Waals surface area contributed by atoms with Gasteiger partial charge in [-0.05, 0) is 5.56 Å². The van der Waals surface area contributed by atoms with Gasteiger partial charge in [-0.15, -0.1) is 0 Å². The van der Waals surface area contributed by atoms with Crippen molar-refractivity contribution in [1.29, 1.82) is 0 Å². The fraction of sp³-hybridized carbons (Fsp3) is 0.273. The molecule has 0 bridgehead atoms. The van der Waals surface area contributed by atoms with Crippen LogP contribution in [0.4, 0.5) is 0 Å². The van der Waals surface area contributed by atoms with E-state index >= 15 is 0 Å². The van der Waals surface area contributed by atoms with Crippen molar-refractivity contribution in [3.05, 3.63) is 35.9 Å². The molecule has 0 fully saturated rings. The number of benzene rings is 1. The van der Waals surface area contributed by atoms with Gasteiger partial charge in [0.2, 0.25) is 0 Å². The number of aliphatic carboxylic acids is 1. The number of hydrogen-bond donors (Lipinski definition) is 4. The Labute approximate surface area is 97.5 Å². The molecular weight excluding hydrogens is 226 g/mol. The molecule has 0 heterocycles. The summed E-state index contributed by atoms with van der Waals surface area (Å²) in [5.41, 5.74) is 0.398. The zero-order valence-electron chi connectivity index (χ0n) is 8.91. The summed E-state index contributed by atoms with van der Waals surface area (Å²) < 4.78 is 0. The predicted octanol–water partition coefficient (Wildman–Crippen LogP) is -0.718. The highest BCUT2D eigenvalue weighted by atomic mass is 16.4. The Balaban J connectivity index is 2.51. The second-order valence-electron chi connectivity index (χ2n) is 3.41. The summed E-state index contributed by atoms with van der Waals surface area (Å²) in [7, 11) is 0. The summed E-state index contributed by atoms with van der Waals surface area (Å²) >= 11 is 0. The standard InChI is InChI=1S/C11H13NO5/c13-8(11(16)17)6-12-10(15)9(14)7-4-2-1-3-5-7/h1-5,8-9,13-14H,6H2,(H,12,15)(H,16,17)/t8-,9?/m0/s1. The van der Waals surface area contributed by atoms with E-state index < -0.39 is 30.6 Å². The van der Waals surface area contributed by atoms with Gasteiger partial charge in [0, 0.05) is 0 Å². The van der Waals surface area contributed by atoms with Crippen LogP contribution in [0, 0.1) is 0 Å². The van der Waals surface area contributed by atoms with Crippen molar-refractivity contribution in [3.8, 4) is 0 Å². The molecule has 0 aromatic heterocycles. The van der Waals surface area contributed by atoms with Crippen LogP contribution >= 0.6 is 0 Å². The van der Waals surface area contributed by atoms with Crippen LogP contribution in [-0.4, -0.2) is 39.8 Å². The molecule has 0 aliphatic rings. The SMILES string of the molecule is O=C(NC[C@H](O)C(=O)O)C(O)c1ccccc1. The maximum atomic E-state index is 11.4. The number of carboxylic acids is 1. The number of hydrogen-bond acceptors (Lipinski definition) is 4. The van der Waals surface area contributed by atoms with Gasteiger partial charge in [0.15, 0.2) is 12.2 Å². The van der Waals surface area contributed by atoms with Crippen molar-refractivity contribution < 1.29 is 24.9 Å². The van der Waals surface area contributed by atoms with Gasteiger partial charge in [-0.25, -0.2) is 4.79 Å². The Morgan fingerprint density at radius 2 is 1.76 bits per heavy atom. The first-order valence-electron chi connectivity index (χ1n) is 4.94. The fourth-order valence-electron chi connectivity index (χ4n) is 1.17. The van der Waals surface area contributed by atoms with E-state index in [0.29, 0.717) is 5.56 Å². The number of carbonyl (C=O) groups excluding carboxylic acids is 1. The quantitative estimate of drug-likeness (QED) is 0.542. The van der Waals surface area contributed by atoms with E-state index in [-0.39, 0.29) is 0 Å². The summed E-state index contributed by atoms with van der Waals surface area (Å²) in [6.45, 7) is -0.446. The molecule has 1 unspecified atom stereocenters. The van der Waals surface area contributed by atoms with E-state index in [4.69, 9.17) is 10.2 Å². The van der Waals surface area contributed by atoms with Gasteiger partial charge >= 0.3 is 5.97 Å². The van der Waals surface area contributed by atoms with Crippen molar-refractivity contribution >= 4 is 11.9 Å². The van der Waals surface area contributed by atoms with Crippen molar-refractivity contribution in [1.82, 2.24) is 5.32 Å². The molecule has 0 aliphatic heterocycles. The summed E-state index contributed by atoms with van der Waals surface area (Å²) in [6, 6.07) is 8.20. The molecule has 0 spiro atoms. The molecule has 0 radical (unpaired) electrons. The number of rotatable bonds is 5. The van der Waals surface area contributed by atoms with Gasteiger partial charge < -0.3 is 20.6 Å². The Morgan fingerprint density at radius 3 is 2.29 bits per heavy atom. The first-order chi connectivity index (χ1) is 8.02. The number of aliphatic hydroxyl groups excluding tert-OH is 2. The minimum absolute atomic E-state index is 0.398. The zero-order chi connectivity index (χ0) is 12.8. The minimum Gasteiger partial charge on any atom is -0.479 e. The van der Waals surface area contributed by atoms with Gasteiger partial charge in [-0.3, -0.25) is 4.79 Å². The number of amides is 1. The minimum atomic E-state index is -1.68. The van der Waals surface area contributed by atoms with E-state index in [1.54, 1.807) is 30.3 Å². The summed E-state index contributed by atoms with van der Waals surface area (Å²) in [6.07, 6.45) is -3.06. The molecule has 1 rings (SSSR count). The van der Waals surface area contributed by atoms with E-state index in [9.17, 15) is 14.7 Å². The van der Waals surface area contributed by atoms with Crippen LogP contribution in [0.15, 0.2) is 30.3 Å². The molecule has 2 atom stereocenters. The summed E-state index contributed by atoms with van der Waals surface area (Å²) in [4.78, 5) is 21.7. The monoisotopic (exact) mass is 239 g/mol. The Bertz CT molecular complexity index is 392.